The Morgan fingerprint density at radius 3 is 1.43 bits per heavy atom. The quantitative estimate of drug-likeness (QED) is 0.169. The van der Waals surface area contributed by atoms with E-state index in [1.54, 1.807) is 0 Å². The monoisotopic (exact) mass is 556 g/mol. The van der Waals surface area contributed by atoms with Crippen LogP contribution in [0, 0.1) is 0 Å². The summed E-state index contributed by atoms with van der Waals surface area (Å²) >= 11 is 0. The molecule has 5 nitrogen and oxygen atoms in total. The van der Waals surface area contributed by atoms with Crippen molar-refractivity contribution in [3.8, 4) is 5.75 Å². The fraction of sp³-hybridized carbons (Fsp3) is 0.294. The normalized spacial score (nSPS) is 22.6. The zero-order chi connectivity index (χ0) is 27.4. The van der Waals surface area contributed by atoms with Gasteiger partial charge in [0.25, 0.3) is 0 Å². The molecule has 4 aromatic carbocycles. The van der Waals surface area contributed by atoms with Crippen LogP contribution in [0.2, 0.25) is 0 Å². The summed E-state index contributed by atoms with van der Waals surface area (Å²) in [5, 5.41) is 0. The van der Waals surface area contributed by atoms with Crippen LogP contribution in [-0.4, -0.2) is 36.9 Å². The van der Waals surface area contributed by atoms with Crippen LogP contribution in [0.4, 0.5) is 0 Å². The third kappa shape index (κ3) is 8.00. The number of benzene rings is 4. The van der Waals surface area contributed by atoms with Gasteiger partial charge < -0.3 is 23.7 Å². The van der Waals surface area contributed by atoms with E-state index in [9.17, 15) is 0 Å². The summed E-state index contributed by atoms with van der Waals surface area (Å²) < 4.78 is 33.0. The van der Waals surface area contributed by atoms with Crippen molar-refractivity contribution in [1.82, 2.24) is 0 Å². The van der Waals surface area contributed by atoms with Crippen molar-refractivity contribution < 1.29 is 23.7 Å². The van der Waals surface area contributed by atoms with Gasteiger partial charge in [-0.05, 0) is 41.4 Å². The summed E-state index contributed by atoms with van der Waals surface area (Å²) in [5.74, 6) is 0.718. The van der Waals surface area contributed by atoms with E-state index in [1.165, 1.54) is 0 Å². The highest BCUT2D eigenvalue weighted by Gasteiger charge is 2.49. The van der Waals surface area contributed by atoms with Gasteiger partial charge in [0, 0.05) is 0 Å². The van der Waals surface area contributed by atoms with Crippen LogP contribution in [0.25, 0.3) is 0 Å². The molecule has 0 saturated carbocycles. The Bertz CT molecular complexity index is 1240. The molecule has 1 aliphatic rings. The molecule has 40 heavy (non-hydrogen) atoms. The lowest BCUT2D eigenvalue weighted by atomic mass is 9.96. The van der Waals surface area contributed by atoms with Gasteiger partial charge in [-0.3, -0.25) is 0 Å². The summed E-state index contributed by atoms with van der Waals surface area (Å²) in [6, 6.07) is 40.2. The summed E-state index contributed by atoms with van der Waals surface area (Å²) in [6.45, 7) is 1.27. The molecule has 1 aliphatic heterocycles. The average molecular weight is 557 g/mol. The average Bonchev–Trinajstić information content (AvgIpc) is 3.01. The van der Waals surface area contributed by atoms with Crippen LogP contribution in [-0.2, 0) is 38.8 Å². The highest BCUT2D eigenvalue weighted by Crippen LogP contribution is 2.33. The first-order chi connectivity index (χ1) is 19.8. The van der Waals surface area contributed by atoms with Crippen molar-refractivity contribution in [3.63, 3.8) is 0 Å². The molecule has 1 saturated heterocycles. The molecule has 6 atom stereocenters. The lowest BCUT2D eigenvalue weighted by Gasteiger charge is -2.46. The van der Waals surface area contributed by atoms with Gasteiger partial charge in [0.15, 0.2) is 0 Å². The fourth-order valence-electron chi connectivity index (χ4n) is 4.87. The van der Waals surface area contributed by atoms with Crippen molar-refractivity contribution in [2.45, 2.75) is 56.9 Å². The largest absolute Gasteiger partial charge is 0.462 e. The number of hydrogen-bond acceptors (Lipinski definition) is 5. The maximum atomic E-state index is 6.70. The number of hydrogen-bond donors (Lipinski definition) is 0. The number of ether oxygens (including phenoxy) is 5. The Hall–Kier alpha value is -3.05. The Kier molecular flexibility index (Phi) is 10.7. The van der Waals surface area contributed by atoms with E-state index in [2.05, 4.69) is 45.6 Å². The Labute approximate surface area is 239 Å². The molecule has 4 aromatic rings. The number of rotatable bonds is 13. The molecule has 0 radical (unpaired) electrons. The Morgan fingerprint density at radius 2 is 0.950 bits per heavy atom. The van der Waals surface area contributed by atoms with Crippen LogP contribution in [0.1, 0.15) is 23.1 Å². The van der Waals surface area contributed by atoms with E-state index in [0.29, 0.717) is 19.8 Å². The molecular weight excluding hydrogens is 519 g/mol. The smallest absolute Gasteiger partial charge is 0.229 e. The van der Waals surface area contributed by atoms with Crippen LogP contribution in [0.3, 0.4) is 0 Å². The second-order valence-electron chi connectivity index (χ2n) is 9.83. The highest BCUT2D eigenvalue weighted by molar-refractivity contribution is 7.16. The molecule has 0 spiro atoms. The Balaban J connectivity index is 1.45. The van der Waals surface area contributed by atoms with Gasteiger partial charge in [-0.1, -0.05) is 109 Å². The predicted molar refractivity (Wildman–Crippen MR) is 160 cm³/mol. The van der Waals surface area contributed by atoms with Gasteiger partial charge in [-0.25, -0.2) is 0 Å². The number of para-hydroxylation sites is 1. The molecule has 6 heteroatoms. The molecule has 1 unspecified atom stereocenters. The zero-order valence-corrected chi connectivity index (χ0v) is 23.7. The standard InChI is InChI=1S/C34H37O5P/c40-22-21-30-31(35-23-26-13-5-1-6-14-26)32(36-24-27-15-7-2-8-16-27)33(37-25-28-17-9-3-10-18-28)34(39-30)38-29-19-11-4-12-20-29/h1-20,30-34H,21-25,40H2/t30-,31-,32+,33+,34+/m1/s1. The minimum absolute atomic E-state index is 0.243. The molecule has 0 N–H and O–H groups in total. The van der Waals surface area contributed by atoms with Gasteiger partial charge in [0.05, 0.1) is 25.9 Å². The van der Waals surface area contributed by atoms with Crippen LogP contribution in [0.15, 0.2) is 121 Å². The van der Waals surface area contributed by atoms with Gasteiger partial charge in [0.1, 0.15) is 24.1 Å². The molecule has 1 fully saturated rings. The van der Waals surface area contributed by atoms with E-state index in [4.69, 9.17) is 23.7 Å². The van der Waals surface area contributed by atoms with E-state index < -0.39 is 18.5 Å². The third-order valence-corrected chi connectivity index (χ3v) is 7.23. The zero-order valence-electron chi connectivity index (χ0n) is 22.6. The first-order valence-electron chi connectivity index (χ1n) is 13.8. The first-order valence-corrected chi connectivity index (χ1v) is 14.7. The topological polar surface area (TPSA) is 46.2 Å². The maximum Gasteiger partial charge on any atom is 0.229 e. The molecular formula is C34H37O5P. The van der Waals surface area contributed by atoms with Crippen molar-refractivity contribution in [3.05, 3.63) is 138 Å². The van der Waals surface area contributed by atoms with Crippen molar-refractivity contribution >= 4 is 9.24 Å². The third-order valence-electron chi connectivity index (χ3n) is 6.89. The summed E-state index contributed by atoms with van der Waals surface area (Å²) in [6.07, 6.45) is -0.620. The lowest BCUT2D eigenvalue weighted by Crippen LogP contribution is -2.61. The molecule has 1 heterocycles. The van der Waals surface area contributed by atoms with Gasteiger partial charge in [-0.15, -0.1) is 9.24 Å². The second kappa shape index (κ2) is 15.1. The van der Waals surface area contributed by atoms with E-state index in [0.717, 1.165) is 35.0 Å². The Morgan fingerprint density at radius 1 is 0.525 bits per heavy atom. The molecule has 0 bridgehead atoms. The highest BCUT2D eigenvalue weighted by atomic mass is 31.0. The SMILES string of the molecule is PCC[C@H]1O[C@H](Oc2ccccc2)[C@@H](OCc2ccccc2)[C@@H](OCc2ccccc2)[C@@H]1OCc1ccccc1. The molecule has 5 rings (SSSR count). The lowest BCUT2D eigenvalue weighted by molar-refractivity contribution is -0.304. The summed E-state index contributed by atoms with van der Waals surface area (Å²) in [5.41, 5.74) is 3.25. The fourth-order valence-corrected chi connectivity index (χ4v) is 5.20. The predicted octanol–water partition coefficient (Wildman–Crippen LogP) is 6.81. The maximum absolute atomic E-state index is 6.70. The van der Waals surface area contributed by atoms with Crippen LogP contribution in [0.5, 0.6) is 5.75 Å². The van der Waals surface area contributed by atoms with E-state index in [1.807, 2.05) is 84.9 Å². The van der Waals surface area contributed by atoms with Crippen LogP contribution < -0.4 is 4.74 Å². The summed E-state index contributed by atoms with van der Waals surface area (Å²) in [7, 11) is 2.81. The van der Waals surface area contributed by atoms with Gasteiger partial charge in [0.2, 0.25) is 6.29 Å². The van der Waals surface area contributed by atoms with Crippen molar-refractivity contribution in [2.24, 2.45) is 0 Å². The molecule has 208 valence electrons. The minimum atomic E-state index is -0.676. The van der Waals surface area contributed by atoms with Gasteiger partial charge >= 0.3 is 0 Å². The molecule has 0 aromatic heterocycles. The molecule has 0 amide bonds. The van der Waals surface area contributed by atoms with Gasteiger partial charge in [-0.2, -0.15) is 0 Å². The van der Waals surface area contributed by atoms with Crippen molar-refractivity contribution in [2.75, 3.05) is 6.16 Å². The van der Waals surface area contributed by atoms with Crippen LogP contribution >= 0.6 is 9.24 Å². The van der Waals surface area contributed by atoms with E-state index >= 15 is 0 Å². The summed E-state index contributed by atoms with van der Waals surface area (Å²) in [4.78, 5) is 0. The van der Waals surface area contributed by atoms with Crippen molar-refractivity contribution in [1.29, 1.82) is 0 Å². The molecule has 0 aliphatic carbocycles. The minimum Gasteiger partial charge on any atom is -0.462 e. The van der Waals surface area contributed by atoms with E-state index in [-0.39, 0.29) is 12.2 Å². The second-order valence-corrected chi connectivity index (χ2v) is 10.4. The first kappa shape index (κ1) is 28.5.